The van der Waals surface area contributed by atoms with Gasteiger partial charge in [0.25, 0.3) is 11.7 Å². The van der Waals surface area contributed by atoms with Crippen molar-refractivity contribution in [3.05, 3.63) is 48.0 Å². The van der Waals surface area contributed by atoms with Gasteiger partial charge in [-0.25, -0.2) is 14.3 Å². The number of esters is 1. The lowest BCUT2D eigenvalue weighted by Gasteiger charge is -2.28. The molecule has 0 unspecified atom stereocenters. The highest BCUT2D eigenvalue weighted by atomic mass is 16.5. The van der Waals surface area contributed by atoms with E-state index in [1.807, 2.05) is 13.8 Å². The molecule has 1 aliphatic rings. The van der Waals surface area contributed by atoms with Crippen LogP contribution in [-0.2, 0) is 14.3 Å². The van der Waals surface area contributed by atoms with Crippen LogP contribution in [0.4, 0.5) is 11.4 Å². The number of hydrogen-bond donors (Lipinski definition) is 1. The van der Waals surface area contributed by atoms with Crippen LogP contribution in [-0.4, -0.2) is 50.5 Å². The minimum Gasteiger partial charge on any atom is -0.452 e. The topological polar surface area (TPSA) is 119 Å². The molecule has 3 aromatic rings. The highest BCUT2D eigenvalue weighted by Crippen LogP contribution is 2.29. The van der Waals surface area contributed by atoms with Crippen LogP contribution in [0.2, 0.25) is 0 Å². The summed E-state index contributed by atoms with van der Waals surface area (Å²) < 4.78 is 6.73. The Balaban J connectivity index is 1.54. The van der Waals surface area contributed by atoms with Gasteiger partial charge in [0.2, 0.25) is 5.91 Å². The van der Waals surface area contributed by atoms with Gasteiger partial charge in [-0.1, -0.05) is 26.0 Å². The minimum atomic E-state index is -0.693. The number of fused-ring (bicyclic) bond motifs is 2. The maximum absolute atomic E-state index is 12.7. The number of benzene rings is 1. The van der Waals surface area contributed by atoms with Crippen molar-refractivity contribution >= 4 is 34.9 Å². The molecule has 29 heavy (non-hydrogen) atoms. The van der Waals surface area contributed by atoms with Gasteiger partial charge in [0, 0.05) is 6.20 Å². The Morgan fingerprint density at radius 3 is 2.83 bits per heavy atom. The minimum absolute atomic E-state index is 0.0573. The molecule has 148 valence electrons. The number of amides is 2. The Labute approximate surface area is 165 Å². The van der Waals surface area contributed by atoms with E-state index in [1.54, 1.807) is 24.3 Å². The van der Waals surface area contributed by atoms with Crippen LogP contribution in [0.3, 0.4) is 0 Å². The van der Waals surface area contributed by atoms with Crippen molar-refractivity contribution in [1.29, 1.82) is 0 Å². The largest absolute Gasteiger partial charge is 0.452 e. The van der Waals surface area contributed by atoms with Gasteiger partial charge in [0.1, 0.15) is 12.9 Å². The highest BCUT2D eigenvalue weighted by Gasteiger charge is 2.28. The molecular formula is C19H18N6O4. The first-order valence-corrected chi connectivity index (χ1v) is 9.00. The number of hydrogen-bond acceptors (Lipinski definition) is 7. The van der Waals surface area contributed by atoms with E-state index >= 15 is 0 Å². The highest BCUT2D eigenvalue weighted by molar-refractivity contribution is 6.10. The summed E-state index contributed by atoms with van der Waals surface area (Å²) in [5.74, 6) is -1.19. The third-order valence-corrected chi connectivity index (χ3v) is 4.51. The molecule has 0 bridgehead atoms. The zero-order valence-corrected chi connectivity index (χ0v) is 15.8. The van der Waals surface area contributed by atoms with Gasteiger partial charge < -0.3 is 10.1 Å². The molecule has 1 aliphatic heterocycles. The molecule has 3 heterocycles. The third-order valence-electron chi connectivity index (χ3n) is 4.51. The first kappa shape index (κ1) is 18.5. The van der Waals surface area contributed by atoms with Crippen molar-refractivity contribution < 1.29 is 19.1 Å². The van der Waals surface area contributed by atoms with Gasteiger partial charge in [-0.05, 0) is 18.1 Å². The number of nitrogens with zero attached hydrogens (tertiary/aromatic N) is 5. The second kappa shape index (κ2) is 7.30. The number of rotatable bonds is 4. The molecular weight excluding hydrogens is 376 g/mol. The fraction of sp³-hybridized carbons (Fsp3) is 0.263. The smallest absolute Gasteiger partial charge is 0.342 e. The van der Waals surface area contributed by atoms with Crippen molar-refractivity contribution in [2.24, 2.45) is 0 Å². The van der Waals surface area contributed by atoms with Gasteiger partial charge in [0.15, 0.2) is 6.61 Å². The zero-order chi connectivity index (χ0) is 20.5. The number of ether oxygens (including phenoxy) is 1. The maximum Gasteiger partial charge on any atom is 0.342 e. The first-order valence-electron chi connectivity index (χ1n) is 9.00. The van der Waals surface area contributed by atoms with Gasteiger partial charge in [0.05, 0.1) is 22.6 Å². The molecule has 0 radical (unpaired) electrons. The lowest BCUT2D eigenvalue weighted by molar-refractivity contribution is -0.124. The summed E-state index contributed by atoms with van der Waals surface area (Å²) in [4.78, 5) is 46.6. The number of nitrogens with one attached hydrogen (secondary N) is 1. The summed E-state index contributed by atoms with van der Waals surface area (Å²) >= 11 is 0. The summed E-state index contributed by atoms with van der Waals surface area (Å²) in [7, 11) is 0. The Morgan fingerprint density at radius 2 is 2.03 bits per heavy atom. The predicted octanol–water partition coefficient (Wildman–Crippen LogP) is 1.39. The Morgan fingerprint density at radius 1 is 1.24 bits per heavy atom. The average molecular weight is 394 g/mol. The predicted molar refractivity (Wildman–Crippen MR) is 103 cm³/mol. The van der Waals surface area contributed by atoms with Crippen molar-refractivity contribution in [3.8, 4) is 0 Å². The van der Waals surface area contributed by atoms with Crippen molar-refractivity contribution in [3.63, 3.8) is 0 Å². The summed E-state index contributed by atoms with van der Waals surface area (Å²) in [6, 6.07) is 6.94. The van der Waals surface area contributed by atoms with E-state index in [0.717, 1.165) is 0 Å². The fourth-order valence-corrected chi connectivity index (χ4v) is 3.25. The summed E-state index contributed by atoms with van der Waals surface area (Å²) in [5, 5.41) is 6.81. The van der Waals surface area contributed by atoms with Gasteiger partial charge in [-0.15, -0.1) is 0 Å². The van der Waals surface area contributed by atoms with Crippen LogP contribution in [0.1, 0.15) is 35.8 Å². The molecule has 2 aromatic heterocycles. The molecule has 0 fully saturated rings. The molecule has 0 atom stereocenters. The van der Waals surface area contributed by atoms with Crippen LogP contribution >= 0.6 is 0 Å². The Kier molecular flexibility index (Phi) is 4.67. The van der Waals surface area contributed by atoms with Crippen LogP contribution in [0, 0.1) is 0 Å². The second-order valence-electron chi connectivity index (χ2n) is 6.80. The van der Waals surface area contributed by atoms with E-state index in [2.05, 4.69) is 20.4 Å². The van der Waals surface area contributed by atoms with Crippen LogP contribution in [0.15, 0.2) is 36.8 Å². The van der Waals surface area contributed by atoms with E-state index < -0.39 is 18.5 Å². The molecule has 2 amide bonds. The van der Waals surface area contributed by atoms with Crippen molar-refractivity contribution in [2.45, 2.75) is 19.8 Å². The normalized spacial score (nSPS) is 13.3. The molecule has 0 saturated carbocycles. The molecule has 1 aromatic carbocycles. The van der Waals surface area contributed by atoms with Gasteiger partial charge >= 0.3 is 5.97 Å². The van der Waals surface area contributed by atoms with Crippen molar-refractivity contribution in [2.75, 3.05) is 23.4 Å². The molecule has 0 aliphatic carbocycles. The van der Waals surface area contributed by atoms with E-state index in [0.29, 0.717) is 22.8 Å². The lowest BCUT2D eigenvalue weighted by Crippen LogP contribution is -2.44. The number of aromatic nitrogens is 4. The molecule has 10 heteroatoms. The van der Waals surface area contributed by atoms with Crippen molar-refractivity contribution in [1.82, 2.24) is 19.6 Å². The molecule has 10 nitrogen and oxygen atoms in total. The van der Waals surface area contributed by atoms with E-state index in [1.165, 1.54) is 21.9 Å². The third kappa shape index (κ3) is 3.40. The number of carbonyl (C=O) groups excluding carboxylic acids is 3. The zero-order valence-electron chi connectivity index (χ0n) is 15.8. The fourth-order valence-electron chi connectivity index (χ4n) is 3.25. The molecule has 0 spiro atoms. The Hall–Kier alpha value is -3.82. The number of carbonyl (C=O) groups is 3. The van der Waals surface area contributed by atoms with Crippen LogP contribution < -0.4 is 10.2 Å². The maximum atomic E-state index is 12.7. The summed E-state index contributed by atoms with van der Waals surface area (Å²) in [6.07, 6.45) is 2.72. The molecule has 4 rings (SSSR count). The molecule has 1 N–H and O–H groups in total. The standard InChI is InChI=1S/C19H18N6O4/c1-11(2)17-12(7-20-19-21-10-22-25(17)19)18(28)29-9-16(27)24-8-15(26)23-13-5-3-4-6-14(13)24/h3-7,10-11H,8-9H2,1-2H3,(H,23,26). The van der Waals surface area contributed by atoms with Crippen LogP contribution in [0.25, 0.3) is 5.78 Å². The quantitative estimate of drug-likeness (QED) is 0.664. The van der Waals surface area contributed by atoms with E-state index in [-0.39, 0.29) is 23.9 Å². The lowest BCUT2D eigenvalue weighted by atomic mass is 10.1. The first-order chi connectivity index (χ1) is 14.0. The monoisotopic (exact) mass is 394 g/mol. The van der Waals surface area contributed by atoms with Gasteiger partial charge in [-0.2, -0.15) is 10.1 Å². The number of para-hydroxylation sites is 2. The second-order valence-corrected chi connectivity index (χ2v) is 6.80. The number of anilines is 2. The summed E-state index contributed by atoms with van der Waals surface area (Å²) in [5.41, 5.74) is 1.89. The SMILES string of the molecule is CC(C)c1c(C(=O)OCC(=O)N2CC(=O)Nc3ccccc32)cnc2ncnn12. The van der Waals surface area contributed by atoms with E-state index in [9.17, 15) is 14.4 Å². The summed E-state index contributed by atoms with van der Waals surface area (Å²) in [6.45, 7) is 3.16. The average Bonchev–Trinajstić information content (AvgIpc) is 3.18. The van der Waals surface area contributed by atoms with Gasteiger partial charge in [-0.3, -0.25) is 14.5 Å². The van der Waals surface area contributed by atoms with Crippen LogP contribution in [0.5, 0.6) is 0 Å². The Bertz CT molecular complexity index is 1120. The van der Waals surface area contributed by atoms with E-state index in [4.69, 9.17) is 4.74 Å². The molecule has 0 saturated heterocycles.